The zero-order valence-electron chi connectivity index (χ0n) is 17.1. The van der Waals surface area contributed by atoms with Crippen molar-refractivity contribution >= 4 is 11.9 Å². The Hall–Kier alpha value is -2.90. The molecular formula is C23H29N3O4. The van der Waals surface area contributed by atoms with Crippen LogP contribution in [0.25, 0.3) is 0 Å². The number of nitrogens with zero attached hydrogens (tertiary/aromatic N) is 2. The summed E-state index contributed by atoms with van der Waals surface area (Å²) in [4.78, 5) is 27.0. The van der Waals surface area contributed by atoms with Crippen molar-refractivity contribution in [2.24, 2.45) is 5.73 Å². The number of carbonyl (C=O) groups is 2. The van der Waals surface area contributed by atoms with Gasteiger partial charge in [-0.2, -0.15) is 0 Å². The summed E-state index contributed by atoms with van der Waals surface area (Å²) >= 11 is 0. The molecule has 0 bridgehead atoms. The highest BCUT2D eigenvalue weighted by Gasteiger charge is 2.25. The van der Waals surface area contributed by atoms with Crippen LogP contribution in [0.3, 0.4) is 0 Å². The summed E-state index contributed by atoms with van der Waals surface area (Å²) in [6, 6.07) is 17.4. The lowest BCUT2D eigenvalue weighted by Crippen LogP contribution is -2.52. The van der Waals surface area contributed by atoms with Crippen molar-refractivity contribution in [3.05, 3.63) is 65.7 Å². The molecule has 1 atom stereocenters. The van der Waals surface area contributed by atoms with Crippen LogP contribution in [0.1, 0.15) is 24.0 Å². The number of carboxylic acid groups (broad SMARTS) is 1. The lowest BCUT2D eigenvalue weighted by atomic mass is 10.1. The molecule has 0 radical (unpaired) electrons. The van der Waals surface area contributed by atoms with E-state index in [1.807, 2.05) is 42.5 Å². The Balaban J connectivity index is 1.41. The van der Waals surface area contributed by atoms with Crippen molar-refractivity contribution in [2.45, 2.75) is 32.0 Å². The molecule has 0 aromatic heterocycles. The first kappa shape index (κ1) is 21.8. The molecule has 0 unspecified atom stereocenters. The van der Waals surface area contributed by atoms with E-state index < -0.39 is 12.0 Å². The van der Waals surface area contributed by atoms with E-state index in [-0.39, 0.29) is 18.7 Å². The number of hydrogen-bond acceptors (Lipinski definition) is 5. The van der Waals surface area contributed by atoms with Crippen LogP contribution in [-0.2, 0) is 22.7 Å². The monoisotopic (exact) mass is 411 g/mol. The number of piperazine rings is 1. The number of hydrogen-bond donors (Lipinski definition) is 2. The third kappa shape index (κ3) is 6.57. The molecule has 0 aliphatic carbocycles. The Morgan fingerprint density at radius 1 is 0.967 bits per heavy atom. The second kappa shape index (κ2) is 10.8. The summed E-state index contributed by atoms with van der Waals surface area (Å²) in [5, 5.41) is 8.73. The number of carbonyl (C=O) groups excluding carboxylic acids is 1. The van der Waals surface area contributed by atoms with Crippen LogP contribution >= 0.6 is 0 Å². The first-order chi connectivity index (χ1) is 14.5. The third-order valence-electron chi connectivity index (χ3n) is 5.25. The molecule has 2 aromatic carbocycles. The number of ether oxygens (including phenoxy) is 1. The van der Waals surface area contributed by atoms with Crippen molar-refractivity contribution in [3.8, 4) is 5.75 Å². The number of benzene rings is 2. The maximum Gasteiger partial charge on any atom is 0.303 e. The summed E-state index contributed by atoms with van der Waals surface area (Å²) in [5.41, 5.74) is 8.18. The van der Waals surface area contributed by atoms with Gasteiger partial charge in [-0.05, 0) is 29.7 Å². The van der Waals surface area contributed by atoms with Crippen LogP contribution in [-0.4, -0.2) is 59.0 Å². The fourth-order valence-electron chi connectivity index (χ4n) is 3.45. The van der Waals surface area contributed by atoms with E-state index >= 15 is 0 Å². The average Bonchev–Trinajstić information content (AvgIpc) is 2.77. The lowest BCUT2D eigenvalue weighted by molar-refractivity contribution is -0.138. The zero-order chi connectivity index (χ0) is 21.3. The van der Waals surface area contributed by atoms with Crippen LogP contribution in [0.4, 0.5) is 0 Å². The summed E-state index contributed by atoms with van der Waals surface area (Å²) in [6.07, 6.45) is 0.0883. The number of carboxylic acids is 1. The van der Waals surface area contributed by atoms with Crippen molar-refractivity contribution in [3.63, 3.8) is 0 Å². The zero-order valence-corrected chi connectivity index (χ0v) is 17.1. The smallest absolute Gasteiger partial charge is 0.303 e. The van der Waals surface area contributed by atoms with Crippen molar-refractivity contribution < 1.29 is 19.4 Å². The second-order valence-corrected chi connectivity index (χ2v) is 7.56. The standard InChI is InChI=1S/C23H29N3O4/c24-21(10-11-22(27)28)23(29)26-14-12-25(13-15-26)16-18-6-8-20(9-7-18)30-17-19-4-2-1-3-5-19/h1-9,21H,10-17,24H2,(H,27,28)/t21-/m0/s1. The van der Waals surface area contributed by atoms with Gasteiger partial charge in [0.25, 0.3) is 0 Å². The highest BCUT2D eigenvalue weighted by Crippen LogP contribution is 2.16. The van der Waals surface area contributed by atoms with E-state index in [4.69, 9.17) is 15.6 Å². The first-order valence-corrected chi connectivity index (χ1v) is 10.3. The largest absolute Gasteiger partial charge is 0.489 e. The predicted octanol–water partition coefficient (Wildman–Crippen LogP) is 2.10. The van der Waals surface area contributed by atoms with Gasteiger partial charge in [-0.15, -0.1) is 0 Å². The maximum absolute atomic E-state index is 12.4. The summed E-state index contributed by atoms with van der Waals surface area (Å²) < 4.78 is 5.83. The van der Waals surface area contributed by atoms with Gasteiger partial charge < -0.3 is 20.5 Å². The highest BCUT2D eigenvalue weighted by molar-refractivity contribution is 5.82. The van der Waals surface area contributed by atoms with E-state index in [9.17, 15) is 9.59 Å². The number of amides is 1. The van der Waals surface area contributed by atoms with Crippen LogP contribution in [0.5, 0.6) is 5.75 Å². The summed E-state index contributed by atoms with van der Waals surface area (Å²) in [6.45, 7) is 4.11. The maximum atomic E-state index is 12.4. The molecule has 3 rings (SSSR count). The Kier molecular flexibility index (Phi) is 7.82. The average molecular weight is 412 g/mol. The molecule has 1 aliphatic rings. The molecular weight excluding hydrogens is 382 g/mol. The lowest BCUT2D eigenvalue weighted by Gasteiger charge is -2.36. The Morgan fingerprint density at radius 2 is 1.63 bits per heavy atom. The van der Waals surface area contributed by atoms with Gasteiger partial charge in [-0.1, -0.05) is 42.5 Å². The molecule has 3 N–H and O–H groups in total. The van der Waals surface area contributed by atoms with Crippen LogP contribution in [0.2, 0.25) is 0 Å². The Morgan fingerprint density at radius 3 is 2.27 bits per heavy atom. The molecule has 0 saturated carbocycles. The minimum atomic E-state index is -0.931. The van der Waals surface area contributed by atoms with Gasteiger partial charge in [-0.25, -0.2) is 0 Å². The van der Waals surface area contributed by atoms with Crippen LogP contribution < -0.4 is 10.5 Å². The minimum absolute atomic E-state index is 0.0854. The molecule has 7 nitrogen and oxygen atoms in total. The number of aliphatic carboxylic acids is 1. The number of nitrogens with two attached hydrogens (primary N) is 1. The van der Waals surface area contributed by atoms with Gasteiger partial charge in [0.15, 0.2) is 0 Å². The molecule has 0 spiro atoms. The first-order valence-electron chi connectivity index (χ1n) is 10.3. The highest BCUT2D eigenvalue weighted by atomic mass is 16.5. The molecule has 2 aromatic rings. The predicted molar refractivity (Wildman–Crippen MR) is 114 cm³/mol. The second-order valence-electron chi connectivity index (χ2n) is 7.56. The van der Waals surface area contributed by atoms with E-state index in [1.54, 1.807) is 4.90 Å². The van der Waals surface area contributed by atoms with Gasteiger partial charge in [0.2, 0.25) is 5.91 Å². The quantitative estimate of drug-likeness (QED) is 0.656. The normalized spacial score (nSPS) is 15.6. The van der Waals surface area contributed by atoms with Gasteiger partial charge in [0.1, 0.15) is 12.4 Å². The number of rotatable bonds is 9. The van der Waals surface area contributed by atoms with Gasteiger partial charge >= 0.3 is 5.97 Å². The minimum Gasteiger partial charge on any atom is -0.489 e. The molecule has 7 heteroatoms. The third-order valence-corrected chi connectivity index (χ3v) is 5.25. The molecule has 160 valence electrons. The van der Waals surface area contributed by atoms with Gasteiger partial charge in [0, 0.05) is 39.1 Å². The van der Waals surface area contributed by atoms with E-state index in [0.29, 0.717) is 19.7 Å². The molecule has 30 heavy (non-hydrogen) atoms. The topological polar surface area (TPSA) is 96.1 Å². The van der Waals surface area contributed by atoms with Crippen molar-refractivity contribution in [1.29, 1.82) is 0 Å². The summed E-state index contributed by atoms with van der Waals surface area (Å²) in [5.74, 6) is -0.247. The SMILES string of the molecule is N[C@@H](CCC(=O)O)C(=O)N1CCN(Cc2ccc(OCc3ccccc3)cc2)CC1. The molecule has 1 aliphatic heterocycles. The van der Waals surface area contributed by atoms with E-state index in [0.717, 1.165) is 30.9 Å². The Labute approximate surface area is 177 Å². The molecule has 1 heterocycles. The fourth-order valence-corrected chi connectivity index (χ4v) is 3.45. The van der Waals surface area contributed by atoms with E-state index in [1.165, 1.54) is 5.56 Å². The van der Waals surface area contributed by atoms with Gasteiger partial charge in [-0.3, -0.25) is 14.5 Å². The van der Waals surface area contributed by atoms with Crippen molar-refractivity contribution in [2.75, 3.05) is 26.2 Å². The van der Waals surface area contributed by atoms with Crippen LogP contribution in [0, 0.1) is 0 Å². The fraction of sp³-hybridized carbons (Fsp3) is 0.391. The molecule has 1 fully saturated rings. The Bertz CT molecular complexity index is 818. The molecule has 1 amide bonds. The summed E-state index contributed by atoms with van der Waals surface area (Å²) in [7, 11) is 0. The molecule has 1 saturated heterocycles. The van der Waals surface area contributed by atoms with E-state index in [2.05, 4.69) is 17.0 Å². The van der Waals surface area contributed by atoms with Gasteiger partial charge in [0.05, 0.1) is 6.04 Å². The van der Waals surface area contributed by atoms with Crippen molar-refractivity contribution in [1.82, 2.24) is 9.80 Å². The van der Waals surface area contributed by atoms with Crippen LogP contribution in [0.15, 0.2) is 54.6 Å².